The molecule has 0 fully saturated rings. The lowest BCUT2D eigenvalue weighted by atomic mass is 9.89. The van der Waals surface area contributed by atoms with Crippen LogP contribution in [0.15, 0.2) is 57.8 Å². The topological polar surface area (TPSA) is 72.0 Å². The molecule has 0 atom stereocenters. The summed E-state index contributed by atoms with van der Waals surface area (Å²) in [7, 11) is 1.59. The van der Waals surface area contributed by atoms with Gasteiger partial charge in [0.05, 0.1) is 18.2 Å². The molecular weight excluding hydrogens is 440 g/mol. The molecule has 0 unspecified atom stereocenters. The summed E-state index contributed by atoms with van der Waals surface area (Å²) in [5, 5.41) is 3.09. The highest BCUT2D eigenvalue weighted by molar-refractivity contribution is 7.99. The summed E-state index contributed by atoms with van der Waals surface area (Å²) in [4.78, 5) is 33.6. The van der Waals surface area contributed by atoms with E-state index in [0.29, 0.717) is 26.7 Å². The number of fused-ring (bicyclic) bond motifs is 2. The van der Waals surface area contributed by atoms with Crippen molar-refractivity contribution in [3.8, 4) is 16.9 Å². The number of aryl methyl sites for hydroxylation is 2. The van der Waals surface area contributed by atoms with Crippen LogP contribution < -0.4 is 10.3 Å². The molecule has 162 valence electrons. The van der Waals surface area contributed by atoms with Gasteiger partial charge >= 0.3 is 0 Å². The second-order valence-electron chi connectivity index (χ2n) is 7.83. The molecule has 0 radical (unpaired) electrons. The van der Waals surface area contributed by atoms with Crippen LogP contribution in [0.4, 0.5) is 0 Å². The third-order valence-electron chi connectivity index (χ3n) is 5.83. The van der Waals surface area contributed by atoms with Crippen molar-refractivity contribution < 1.29 is 9.53 Å². The van der Waals surface area contributed by atoms with Crippen LogP contribution in [-0.2, 0) is 12.8 Å². The Morgan fingerprint density at radius 2 is 1.91 bits per heavy atom. The van der Waals surface area contributed by atoms with Gasteiger partial charge in [-0.05, 0) is 66.6 Å². The fourth-order valence-corrected chi connectivity index (χ4v) is 5.87. The standard InChI is InChI=1S/C25H22N2O3S2/c1-30-19-10-8-16(9-11-19)21(28)14-32-25-26-23(29)22-20(13-31-24(22)27-25)18-7-6-15-4-2-3-5-17(15)12-18/h6-13H,2-5,14H2,1H3,(H,26,27,29). The molecule has 0 aliphatic heterocycles. The third kappa shape index (κ3) is 4.10. The van der Waals surface area contributed by atoms with Crippen molar-refractivity contribution in [1.29, 1.82) is 0 Å². The molecule has 0 spiro atoms. The summed E-state index contributed by atoms with van der Waals surface area (Å²) < 4.78 is 5.13. The summed E-state index contributed by atoms with van der Waals surface area (Å²) in [6.07, 6.45) is 4.71. The molecule has 5 nitrogen and oxygen atoms in total. The number of hydrogen-bond donors (Lipinski definition) is 1. The number of nitrogens with zero attached hydrogens (tertiary/aromatic N) is 1. The molecule has 32 heavy (non-hydrogen) atoms. The van der Waals surface area contributed by atoms with Gasteiger partial charge in [-0.25, -0.2) is 4.98 Å². The lowest BCUT2D eigenvalue weighted by Crippen LogP contribution is -2.10. The number of thioether (sulfide) groups is 1. The van der Waals surface area contributed by atoms with Gasteiger partial charge < -0.3 is 9.72 Å². The van der Waals surface area contributed by atoms with Gasteiger partial charge in [-0.3, -0.25) is 9.59 Å². The number of hydrogen-bond acceptors (Lipinski definition) is 6. The van der Waals surface area contributed by atoms with Crippen molar-refractivity contribution >= 4 is 39.1 Å². The van der Waals surface area contributed by atoms with Crippen molar-refractivity contribution in [2.75, 3.05) is 12.9 Å². The van der Waals surface area contributed by atoms with Crippen LogP contribution in [0.1, 0.15) is 34.3 Å². The fraction of sp³-hybridized carbons (Fsp3) is 0.240. The molecule has 0 amide bonds. The van der Waals surface area contributed by atoms with Crippen LogP contribution in [0, 0.1) is 0 Å². The summed E-state index contributed by atoms with van der Waals surface area (Å²) in [6.45, 7) is 0. The Morgan fingerprint density at radius 1 is 1.12 bits per heavy atom. The number of methoxy groups -OCH3 is 1. The van der Waals surface area contributed by atoms with Gasteiger partial charge in [-0.15, -0.1) is 11.3 Å². The average molecular weight is 463 g/mol. The minimum atomic E-state index is -0.164. The van der Waals surface area contributed by atoms with E-state index >= 15 is 0 Å². The molecule has 1 aliphatic rings. The van der Waals surface area contributed by atoms with E-state index in [9.17, 15) is 9.59 Å². The number of ketones is 1. The smallest absolute Gasteiger partial charge is 0.260 e. The molecule has 2 heterocycles. The second kappa shape index (κ2) is 8.92. The predicted molar refractivity (Wildman–Crippen MR) is 130 cm³/mol. The van der Waals surface area contributed by atoms with Crippen LogP contribution >= 0.6 is 23.1 Å². The van der Waals surface area contributed by atoms with E-state index in [1.807, 2.05) is 5.38 Å². The largest absolute Gasteiger partial charge is 0.497 e. The molecule has 5 rings (SSSR count). The number of benzene rings is 2. The lowest BCUT2D eigenvalue weighted by molar-refractivity contribution is 0.102. The molecule has 2 aromatic heterocycles. The van der Waals surface area contributed by atoms with Crippen molar-refractivity contribution in [2.45, 2.75) is 30.8 Å². The number of nitrogens with one attached hydrogen (secondary N) is 1. The van der Waals surface area contributed by atoms with Gasteiger partial charge in [-0.1, -0.05) is 30.0 Å². The predicted octanol–water partition coefficient (Wildman–Crippen LogP) is 5.51. The van der Waals surface area contributed by atoms with Gasteiger partial charge in [0, 0.05) is 16.5 Å². The van der Waals surface area contributed by atoms with E-state index in [4.69, 9.17) is 4.74 Å². The zero-order valence-electron chi connectivity index (χ0n) is 17.6. The summed E-state index contributed by atoms with van der Waals surface area (Å²) in [5.74, 6) is 0.878. The van der Waals surface area contributed by atoms with Gasteiger partial charge in [0.1, 0.15) is 10.6 Å². The maximum absolute atomic E-state index is 12.9. The van der Waals surface area contributed by atoms with Crippen LogP contribution in [-0.4, -0.2) is 28.6 Å². The van der Waals surface area contributed by atoms with Crippen molar-refractivity contribution in [1.82, 2.24) is 9.97 Å². The monoisotopic (exact) mass is 462 g/mol. The number of ether oxygens (including phenoxy) is 1. The van der Waals surface area contributed by atoms with Crippen molar-refractivity contribution in [2.24, 2.45) is 0 Å². The first kappa shape index (κ1) is 21.0. The Morgan fingerprint density at radius 3 is 2.69 bits per heavy atom. The highest BCUT2D eigenvalue weighted by Gasteiger charge is 2.16. The maximum Gasteiger partial charge on any atom is 0.260 e. The third-order valence-corrected chi connectivity index (χ3v) is 7.58. The van der Waals surface area contributed by atoms with Crippen LogP contribution in [0.2, 0.25) is 0 Å². The Hall–Kier alpha value is -2.90. The van der Waals surface area contributed by atoms with Gasteiger partial charge in [0.15, 0.2) is 10.9 Å². The second-order valence-corrected chi connectivity index (χ2v) is 9.65. The molecule has 0 saturated carbocycles. The van der Waals surface area contributed by atoms with Crippen molar-refractivity contribution in [3.63, 3.8) is 0 Å². The maximum atomic E-state index is 12.9. The number of rotatable bonds is 6. The normalized spacial score (nSPS) is 13.2. The Labute approximate surface area is 193 Å². The number of Topliss-reactive ketones (excluding diaryl/α,β-unsaturated/α-hetero) is 1. The van der Waals surface area contributed by atoms with Gasteiger partial charge in [0.2, 0.25) is 0 Å². The Bertz CT molecular complexity index is 1360. The summed E-state index contributed by atoms with van der Waals surface area (Å²) in [5.41, 5.74) is 5.25. The van der Waals surface area contributed by atoms with Gasteiger partial charge in [0.25, 0.3) is 5.56 Å². The lowest BCUT2D eigenvalue weighted by Gasteiger charge is -2.16. The van der Waals surface area contributed by atoms with E-state index in [1.54, 1.807) is 31.4 Å². The number of aromatic nitrogens is 2. The minimum Gasteiger partial charge on any atom is -0.497 e. The Balaban J connectivity index is 1.38. The Kier molecular flexibility index (Phi) is 5.85. The summed E-state index contributed by atoms with van der Waals surface area (Å²) in [6, 6.07) is 13.5. The first-order valence-corrected chi connectivity index (χ1v) is 12.4. The molecule has 2 aromatic carbocycles. The number of carbonyl (C=O) groups is 1. The van der Waals surface area contributed by atoms with E-state index in [2.05, 4.69) is 28.2 Å². The van der Waals surface area contributed by atoms with Gasteiger partial charge in [-0.2, -0.15) is 0 Å². The summed E-state index contributed by atoms with van der Waals surface area (Å²) >= 11 is 2.71. The number of H-pyrrole nitrogens is 1. The van der Waals surface area contributed by atoms with Crippen LogP contribution in [0.25, 0.3) is 21.3 Å². The highest BCUT2D eigenvalue weighted by Crippen LogP contribution is 2.34. The average Bonchev–Trinajstić information content (AvgIpc) is 3.27. The van der Waals surface area contributed by atoms with E-state index < -0.39 is 0 Å². The van der Waals surface area contributed by atoms with E-state index in [-0.39, 0.29) is 17.1 Å². The first-order valence-electron chi connectivity index (χ1n) is 10.6. The molecule has 4 aromatic rings. The molecule has 1 aliphatic carbocycles. The molecule has 1 N–H and O–H groups in total. The molecule has 7 heteroatoms. The number of aromatic amines is 1. The quantitative estimate of drug-likeness (QED) is 0.232. The van der Waals surface area contributed by atoms with Crippen LogP contribution in [0.3, 0.4) is 0 Å². The highest BCUT2D eigenvalue weighted by atomic mass is 32.2. The number of thiophene rings is 1. The fourth-order valence-electron chi connectivity index (χ4n) is 4.11. The molecule has 0 bridgehead atoms. The zero-order valence-corrected chi connectivity index (χ0v) is 19.3. The SMILES string of the molecule is COc1ccc(C(=O)CSc2nc3scc(-c4ccc5c(c4)CCCC5)c3c(=O)[nH]2)cc1. The van der Waals surface area contributed by atoms with Crippen LogP contribution in [0.5, 0.6) is 5.75 Å². The first-order chi connectivity index (χ1) is 15.6. The number of carbonyl (C=O) groups excluding carboxylic acids is 1. The van der Waals surface area contributed by atoms with E-state index in [0.717, 1.165) is 24.0 Å². The zero-order chi connectivity index (χ0) is 22.1. The van der Waals surface area contributed by atoms with E-state index in [1.165, 1.54) is 47.1 Å². The molecular formula is C25H22N2O3S2. The molecule has 0 saturated heterocycles. The van der Waals surface area contributed by atoms with Crippen molar-refractivity contribution in [3.05, 3.63) is 74.9 Å². The minimum absolute atomic E-state index is 0.0265.